The highest BCUT2D eigenvalue weighted by atomic mass is 31.2. The Morgan fingerprint density at radius 1 is 1.09 bits per heavy atom. The van der Waals surface area contributed by atoms with E-state index in [0.29, 0.717) is 28.1 Å². The van der Waals surface area contributed by atoms with Crippen molar-refractivity contribution in [2.75, 3.05) is 6.16 Å². The molecule has 34 heavy (non-hydrogen) atoms. The number of hydrogen-bond donors (Lipinski definition) is 3. The average molecular weight is 483 g/mol. The Hall–Kier alpha value is -3.12. The topological polar surface area (TPSA) is 108 Å². The van der Waals surface area contributed by atoms with Gasteiger partial charge >= 0.3 is 5.97 Å². The third kappa shape index (κ3) is 6.70. The summed E-state index contributed by atoms with van der Waals surface area (Å²) in [5.74, 6) is -0.568. The first kappa shape index (κ1) is 25.5. The van der Waals surface area contributed by atoms with Gasteiger partial charge in [0.15, 0.2) is 0 Å². The lowest BCUT2D eigenvalue weighted by molar-refractivity contribution is -0.138. The summed E-state index contributed by atoms with van der Waals surface area (Å²) in [5.41, 5.74) is 4.31. The van der Waals surface area contributed by atoms with Crippen LogP contribution in [0.3, 0.4) is 0 Å². The lowest BCUT2D eigenvalue weighted by Crippen LogP contribution is -2.17. The Bertz CT molecular complexity index is 1230. The standard InChI is InChI=1S/C26H27FNO5P/c1-17(2)26-22(12-13-34(32,33)16-21(29)14-25(30)31)23(18-8-10-20(27)11-9-18)15-24(28-26)19-6-4-3-5-7-19/h3-13,15,17,21,29H,14,16H2,1-2H3,(H,30,31)(H,32,33)/t21-/m0/s1. The quantitative estimate of drug-likeness (QED) is 0.334. The Labute approximate surface area is 197 Å². The molecule has 0 aliphatic carbocycles. The van der Waals surface area contributed by atoms with Gasteiger partial charge in [-0.25, -0.2) is 4.39 Å². The molecule has 178 valence electrons. The van der Waals surface area contributed by atoms with Crippen molar-refractivity contribution in [3.05, 3.63) is 83.6 Å². The molecule has 0 bridgehead atoms. The first-order valence-electron chi connectivity index (χ1n) is 10.8. The van der Waals surface area contributed by atoms with E-state index in [1.807, 2.05) is 50.2 Å². The number of nitrogens with zero attached hydrogens (tertiary/aromatic N) is 1. The molecule has 3 rings (SSSR count). The van der Waals surface area contributed by atoms with E-state index in [1.165, 1.54) is 18.2 Å². The molecular formula is C26H27FNO5P. The van der Waals surface area contributed by atoms with Crippen LogP contribution in [0.5, 0.6) is 0 Å². The van der Waals surface area contributed by atoms with Gasteiger partial charge in [0.2, 0.25) is 7.37 Å². The summed E-state index contributed by atoms with van der Waals surface area (Å²) in [4.78, 5) is 26.0. The molecule has 3 aromatic rings. The molecule has 0 saturated carbocycles. The highest BCUT2D eigenvalue weighted by molar-refractivity contribution is 7.61. The van der Waals surface area contributed by atoms with Gasteiger partial charge < -0.3 is 15.1 Å². The average Bonchev–Trinajstić information content (AvgIpc) is 2.77. The van der Waals surface area contributed by atoms with Crippen LogP contribution in [-0.2, 0) is 9.36 Å². The summed E-state index contributed by atoms with van der Waals surface area (Å²) in [6.45, 7) is 3.91. The molecule has 0 aliphatic rings. The number of carbonyl (C=O) groups is 1. The summed E-state index contributed by atoms with van der Waals surface area (Å²) in [7, 11) is -3.99. The Morgan fingerprint density at radius 2 is 1.74 bits per heavy atom. The van der Waals surface area contributed by atoms with E-state index in [9.17, 15) is 23.7 Å². The third-order valence-electron chi connectivity index (χ3n) is 5.22. The molecule has 2 aromatic carbocycles. The Morgan fingerprint density at radius 3 is 2.32 bits per heavy atom. The van der Waals surface area contributed by atoms with Crippen LogP contribution in [-0.4, -0.2) is 38.3 Å². The number of rotatable bonds is 9. The summed E-state index contributed by atoms with van der Waals surface area (Å²) in [6, 6.07) is 17.4. The van der Waals surface area contributed by atoms with Crippen molar-refractivity contribution in [2.24, 2.45) is 0 Å². The highest BCUT2D eigenvalue weighted by Crippen LogP contribution is 2.45. The van der Waals surface area contributed by atoms with Crippen molar-refractivity contribution in [1.29, 1.82) is 0 Å². The van der Waals surface area contributed by atoms with Crippen LogP contribution in [0.2, 0.25) is 0 Å². The second-order valence-corrected chi connectivity index (χ2v) is 10.6. The van der Waals surface area contributed by atoms with Gasteiger partial charge in [-0.2, -0.15) is 0 Å². The van der Waals surface area contributed by atoms with Gasteiger partial charge in [-0.15, -0.1) is 0 Å². The largest absolute Gasteiger partial charge is 0.481 e. The predicted molar refractivity (Wildman–Crippen MR) is 131 cm³/mol. The molecule has 0 radical (unpaired) electrons. The van der Waals surface area contributed by atoms with Crippen molar-refractivity contribution < 1.29 is 28.9 Å². The maximum Gasteiger partial charge on any atom is 0.305 e. The summed E-state index contributed by atoms with van der Waals surface area (Å²) in [6.07, 6.45) is -1.15. The van der Waals surface area contributed by atoms with Gasteiger partial charge in [0.25, 0.3) is 0 Å². The fourth-order valence-corrected chi connectivity index (χ4v) is 4.87. The van der Waals surface area contributed by atoms with Crippen molar-refractivity contribution >= 4 is 19.4 Å². The van der Waals surface area contributed by atoms with E-state index in [2.05, 4.69) is 0 Å². The number of benzene rings is 2. The van der Waals surface area contributed by atoms with Gasteiger partial charge in [-0.3, -0.25) is 14.3 Å². The highest BCUT2D eigenvalue weighted by Gasteiger charge is 2.23. The third-order valence-corrected chi connectivity index (χ3v) is 6.78. The number of aromatic nitrogens is 1. The van der Waals surface area contributed by atoms with Crippen molar-refractivity contribution in [2.45, 2.75) is 32.3 Å². The minimum absolute atomic E-state index is 0.0433. The predicted octanol–water partition coefficient (Wildman–Crippen LogP) is 5.75. The maximum absolute atomic E-state index is 13.6. The van der Waals surface area contributed by atoms with E-state index < -0.39 is 32.0 Å². The lowest BCUT2D eigenvalue weighted by atomic mass is 9.92. The minimum atomic E-state index is -3.99. The first-order chi connectivity index (χ1) is 16.1. The molecule has 2 atom stereocenters. The van der Waals surface area contributed by atoms with Crippen LogP contribution in [0.4, 0.5) is 4.39 Å². The van der Waals surface area contributed by atoms with Gasteiger partial charge in [0.05, 0.1) is 30.1 Å². The summed E-state index contributed by atoms with van der Waals surface area (Å²) in [5, 5.41) is 18.6. The van der Waals surface area contributed by atoms with E-state index in [1.54, 1.807) is 12.1 Å². The second kappa shape index (κ2) is 10.9. The van der Waals surface area contributed by atoms with Crippen LogP contribution in [0, 0.1) is 5.82 Å². The van der Waals surface area contributed by atoms with Crippen molar-refractivity contribution in [1.82, 2.24) is 4.98 Å². The molecule has 0 aliphatic heterocycles. The van der Waals surface area contributed by atoms with Crippen LogP contribution in [0.1, 0.15) is 37.4 Å². The Kier molecular flexibility index (Phi) is 8.15. The normalized spacial score (nSPS) is 14.3. The van der Waals surface area contributed by atoms with Crippen molar-refractivity contribution in [3.63, 3.8) is 0 Å². The summed E-state index contributed by atoms with van der Waals surface area (Å²) >= 11 is 0. The van der Waals surface area contributed by atoms with E-state index in [4.69, 9.17) is 10.1 Å². The Balaban J connectivity index is 2.14. The number of aliphatic hydroxyl groups excluding tert-OH is 1. The van der Waals surface area contributed by atoms with Gasteiger partial charge in [-0.05, 0) is 41.3 Å². The van der Waals surface area contributed by atoms with Gasteiger partial charge in [0, 0.05) is 16.9 Å². The van der Waals surface area contributed by atoms with Crippen molar-refractivity contribution in [3.8, 4) is 22.4 Å². The van der Waals surface area contributed by atoms with E-state index in [-0.39, 0.29) is 11.7 Å². The van der Waals surface area contributed by atoms with Crippen LogP contribution < -0.4 is 0 Å². The molecule has 0 fully saturated rings. The molecule has 3 N–H and O–H groups in total. The second-order valence-electron chi connectivity index (χ2n) is 8.39. The number of carboxylic acids is 1. The van der Waals surface area contributed by atoms with Crippen LogP contribution in [0.15, 0.2) is 66.5 Å². The van der Waals surface area contributed by atoms with Crippen LogP contribution >= 0.6 is 7.37 Å². The molecule has 1 aromatic heterocycles. The number of halogens is 1. The SMILES string of the molecule is CC(C)c1nc(-c2ccccc2)cc(-c2ccc(F)cc2)c1C=CP(=O)(O)C[C@@H](O)CC(=O)O. The van der Waals surface area contributed by atoms with Gasteiger partial charge in [0.1, 0.15) is 5.82 Å². The smallest absolute Gasteiger partial charge is 0.305 e. The molecule has 0 spiro atoms. The number of pyridine rings is 1. The molecule has 0 amide bonds. The van der Waals surface area contributed by atoms with Crippen LogP contribution in [0.25, 0.3) is 28.5 Å². The zero-order valence-electron chi connectivity index (χ0n) is 18.9. The molecule has 0 saturated heterocycles. The summed E-state index contributed by atoms with van der Waals surface area (Å²) < 4.78 is 26.3. The fourth-order valence-electron chi connectivity index (χ4n) is 3.63. The zero-order chi connectivity index (χ0) is 24.9. The number of hydrogen-bond acceptors (Lipinski definition) is 4. The first-order valence-corrected chi connectivity index (χ1v) is 12.7. The zero-order valence-corrected chi connectivity index (χ0v) is 19.8. The molecule has 6 nitrogen and oxygen atoms in total. The molecule has 1 heterocycles. The molecular weight excluding hydrogens is 456 g/mol. The van der Waals surface area contributed by atoms with E-state index >= 15 is 0 Å². The number of aliphatic hydroxyl groups is 1. The molecule has 8 heteroatoms. The number of aliphatic carboxylic acids is 1. The van der Waals surface area contributed by atoms with Gasteiger partial charge in [-0.1, -0.05) is 56.3 Å². The molecule has 1 unspecified atom stereocenters. The minimum Gasteiger partial charge on any atom is -0.481 e. The fraction of sp³-hybridized carbons (Fsp3) is 0.231. The van der Waals surface area contributed by atoms with E-state index in [0.717, 1.165) is 11.4 Å². The monoisotopic (exact) mass is 483 g/mol. The lowest BCUT2D eigenvalue weighted by Gasteiger charge is -2.18. The maximum atomic E-state index is 13.6. The number of carboxylic acid groups (broad SMARTS) is 1.